The number of piperidine rings is 3. The zero-order chi connectivity index (χ0) is 18.9. The first kappa shape index (κ1) is 18.6. The van der Waals surface area contributed by atoms with E-state index in [4.69, 9.17) is 5.73 Å². The van der Waals surface area contributed by atoms with Gasteiger partial charge in [0.25, 0.3) is 17.5 Å². The van der Waals surface area contributed by atoms with Crippen LogP contribution in [0.15, 0.2) is 24.3 Å². The number of halogens is 1. The van der Waals surface area contributed by atoms with Crippen LogP contribution in [-0.2, 0) is 0 Å². The largest absolute Gasteiger partial charge is 0.393 e. The molecule has 3 fully saturated rings. The van der Waals surface area contributed by atoms with Crippen LogP contribution in [-0.4, -0.2) is 52.2 Å². The molecule has 4 aliphatic heterocycles. The van der Waals surface area contributed by atoms with Crippen LogP contribution >= 0.6 is 12.4 Å². The van der Waals surface area contributed by atoms with E-state index in [1.165, 1.54) is 11.0 Å². The molecule has 8 nitrogen and oxygen atoms in total. The number of hydrogen-bond acceptors (Lipinski definition) is 6. The predicted octanol–water partition coefficient (Wildman–Crippen LogP) is 2.44. The van der Waals surface area contributed by atoms with Crippen molar-refractivity contribution in [3.05, 3.63) is 45.5 Å². The molecule has 2 N–H and O–H groups in total. The average molecular weight is 403 g/mol. The molecule has 3 saturated heterocycles. The molecule has 2 aromatic rings. The number of hydrogen-bond donors (Lipinski definition) is 1. The van der Waals surface area contributed by atoms with Gasteiger partial charge in [-0.2, -0.15) is 0 Å². The van der Waals surface area contributed by atoms with E-state index in [0.717, 1.165) is 25.9 Å². The van der Waals surface area contributed by atoms with Gasteiger partial charge in [-0.05, 0) is 37.9 Å². The Kier molecular flexibility index (Phi) is 4.28. The van der Waals surface area contributed by atoms with Gasteiger partial charge in [0, 0.05) is 28.9 Å². The molecule has 9 heteroatoms. The summed E-state index contributed by atoms with van der Waals surface area (Å²) in [7, 11) is 0. The molecule has 0 saturated carbocycles. The zero-order valence-corrected chi connectivity index (χ0v) is 15.8. The Labute approximate surface area is 166 Å². The number of nitrogens with two attached hydrogens (primary N) is 1. The van der Waals surface area contributed by atoms with E-state index in [1.807, 2.05) is 0 Å². The van der Waals surface area contributed by atoms with E-state index in [-0.39, 0.29) is 47.2 Å². The minimum Gasteiger partial charge on any atom is -0.393 e. The number of benzene rings is 2. The number of fused-ring (bicyclic) bond motifs is 3. The number of amides is 2. The highest BCUT2D eigenvalue weighted by Gasteiger charge is 2.45. The minimum absolute atomic E-state index is 0. The van der Waals surface area contributed by atoms with Gasteiger partial charge < -0.3 is 10.6 Å². The first-order valence-electron chi connectivity index (χ1n) is 9.07. The van der Waals surface area contributed by atoms with Crippen LogP contribution in [0, 0.1) is 16.0 Å². The van der Waals surface area contributed by atoms with Gasteiger partial charge in [0.1, 0.15) is 5.69 Å². The van der Waals surface area contributed by atoms with E-state index in [9.17, 15) is 19.7 Å². The van der Waals surface area contributed by atoms with Gasteiger partial charge in [0.05, 0.1) is 16.5 Å². The smallest absolute Gasteiger partial charge is 0.293 e. The number of imide groups is 1. The Hall–Kier alpha value is -2.71. The molecule has 0 aliphatic carbocycles. The van der Waals surface area contributed by atoms with Gasteiger partial charge >= 0.3 is 0 Å². The lowest BCUT2D eigenvalue weighted by atomic mass is 9.81. The van der Waals surface area contributed by atoms with Crippen molar-refractivity contribution in [3.8, 4) is 0 Å². The molecule has 6 rings (SSSR count). The van der Waals surface area contributed by atoms with Gasteiger partial charge in [0.15, 0.2) is 0 Å². The highest BCUT2D eigenvalue weighted by Crippen LogP contribution is 2.41. The lowest BCUT2D eigenvalue weighted by Crippen LogP contribution is -2.60. The molecule has 28 heavy (non-hydrogen) atoms. The third-order valence-corrected chi connectivity index (χ3v) is 6.23. The van der Waals surface area contributed by atoms with Crippen LogP contribution in [0.25, 0.3) is 10.8 Å². The van der Waals surface area contributed by atoms with Crippen molar-refractivity contribution in [1.29, 1.82) is 0 Å². The molecule has 2 aromatic carbocycles. The maximum atomic E-state index is 13.3. The van der Waals surface area contributed by atoms with Crippen LogP contribution in [0.2, 0.25) is 0 Å². The van der Waals surface area contributed by atoms with Crippen molar-refractivity contribution in [1.82, 2.24) is 9.80 Å². The fraction of sp³-hybridized carbons (Fsp3) is 0.368. The summed E-state index contributed by atoms with van der Waals surface area (Å²) in [6.07, 6.45) is 1.92. The minimum atomic E-state index is -0.583. The monoisotopic (exact) mass is 402 g/mol. The number of carbonyl (C=O) groups excluding carboxylic acids is 2. The summed E-state index contributed by atoms with van der Waals surface area (Å²) in [5, 5.41) is 12.2. The Morgan fingerprint density at radius 3 is 2.39 bits per heavy atom. The molecule has 0 radical (unpaired) electrons. The van der Waals surface area contributed by atoms with Crippen molar-refractivity contribution < 1.29 is 14.5 Å². The van der Waals surface area contributed by atoms with Gasteiger partial charge in [-0.1, -0.05) is 12.1 Å². The molecule has 146 valence electrons. The van der Waals surface area contributed by atoms with Crippen LogP contribution < -0.4 is 5.73 Å². The summed E-state index contributed by atoms with van der Waals surface area (Å²) in [5.41, 5.74) is 6.23. The van der Waals surface area contributed by atoms with Crippen molar-refractivity contribution in [3.63, 3.8) is 0 Å². The topological polar surface area (TPSA) is 110 Å². The Morgan fingerprint density at radius 2 is 1.79 bits per heavy atom. The lowest BCUT2D eigenvalue weighted by molar-refractivity contribution is -0.383. The number of anilines is 1. The molecular formula is C19H19ClN4O4. The average Bonchev–Trinajstić information content (AvgIpc) is 2.68. The van der Waals surface area contributed by atoms with Crippen molar-refractivity contribution >= 4 is 46.4 Å². The number of nitro benzene ring substituents is 1. The third-order valence-electron chi connectivity index (χ3n) is 6.23. The number of rotatable bonds is 2. The summed E-state index contributed by atoms with van der Waals surface area (Å²) >= 11 is 0. The van der Waals surface area contributed by atoms with Crippen molar-refractivity contribution in [2.24, 2.45) is 5.92 Å². The zero-order valence-electron chi connectivity index (χ0n) is 15.0. The number of nitrogens with zero attached hydrogens (tertiary/aromatic N) is 3. The second-order valence-corrected chi connectivity index (χ2v) is 7.53. The van der Waals surface area contributed by atoms with E-state index in [1.54, 1.807) is 18.2 Å². The maximum absolute atomic E-state index is 13.3. The van der Waals surface area contributed by atoms with Gasteiger partial charge in [-0.3, -0.25) is 24.6 Å². The van der Waals surface area contributed by atoms with E-state index >= 15 is 0 Å². The first-order chi connectivity index (χ1) is 13.0. The molecular weight excluding hydrogens is 384 g/mol. The van der Waals surface area contributed by atoms with E-state index in [2.05, 4.69) is 4.90 Å². The number of nitro groups is 1. The summed E-state index contributed by atoms with van der Waals surface area (Å²) in [6, 6.07) is 5.98. The first-order valence-corrected chi connectivity index (χ1v) is 9.07. The Balaban J connectivity index is 0.00000192. The van der Waals surface area contributed by atoms with Crippen LogP contribution in [0.5, 0.6) is 0 Å². The van der Waals surface area contributed by atoms with Gasteiger partial charge in [0.2, 0.25) is 0 Å². The maximum Gasteiger partial charge on any atom is 0.293 e. The predicted molar refractivity (Wildman–Crippen MR) is 106 cm³/mol. The molecule has 2 bridgehead atoms. The Bertz CT molecular complexity index is 1030. The fourth-order valence-electron chi connectivity index (χ4n) is 4.87. The third kappa shape index (κ3) is 2.41. The van der Waals surface area contributed by atoms with E-state index in [0.29, 0.717) is 22.9 Å². The second-order valence-electron chi connectivity index (χ2n) is 7.53. The molecule has 0 spiro atoms. The molecule has 4 heterocycles. The number of carbonyl (C=O) groups is 2. The molecule has 0 unspecified atom stereocenters. The molecule has 1 atom stereocenters. The van der Waals surface area contributed by atoms with Crippen LogP contribution in [0.3, 0.4) is 0 Å². The summed E-state index contributed by atoms with van der Waals surface area (Å²) in [6.45, 7) is 2.65. The quantitative estimate of drug-likeness (QED) is 0.357. The standard InChI is InChI=1S/C19H18N4O4.ClH/c20-17-11-2-1-3-12-16(11)13(8-14(17)23(26)27)19(25)22(18(12)24)15-9-21-6-4-10(15)5-7-21;/h1-3,8,10,15H,4-7,9,20H2;1H/t15-;/m0./s1. The summed E-state index contributed by atoms with van der Waals surface area (Å²) in [5.74, 6) is -0.497. The second kappa shape index (κ2) is 6.42. The Morgan fingerprint density at radius 1 is 1.11 bits per heavy atom. The van der Waals surface area contributed by atoms with Crippen molar-refractivity contribution in [2.75, 3.05) is 25.4 Å². The molecule has 2 amide bonds. The molecule has 0 aromatic heterocycles. The van der Waals surface area contributed by atoms with Crippen LogP contribution in [0.4, 0.5) is 11.4 Å². The van der Waals surface area contributed by atoms with Gasteiger partial charge in [-0.25, -0.2) is 0 Å². The number of nitrogen functional groups attached to an aromatic ring is 1. The van der Waals surface area contributed by atoms with Crippen LogP contribution in [0.1, 0.15) is 33.6 Å². The summed E-state index contributed by atoms with van der Waals surface area (Å²) < 4.78 is 0. The highest BCUT2D eigenvalue weighted by molar-refractivity contribution is 6.27. The normalized spacial score (nSPS) is 25.7. The highest BCUT2D eigenvalue weighted by atomic mass is 35.5. The SMILES string of the molecule is Cl.Nc1c([N+](=O)[O-])cc2c3c(cccc13)C(=O)N([C@H]1CN3CCC1CC3)C2=O. The summed E-state index contributed by atoms with van der Waals surface area (Å²) in [4.78, 5) is 41.0. The fourth-order valence-corrected chi connectivity index (χ4v) is 4.87. The molecule has 4 aliphatic rings. The van der Waals surface area contributed by atoms with Gasteiger partial charge in [-0.15, -0.1) is 12.4 Å². The van der Waals surface area contributed by atoms with E-state index < -0.39 is 10.8 Å². The lowest BCUT2D eigenvalue weighted by Gasteiger charge is -2.49. The van der Waals surface area contributed by atoms with Crippen molar-refractivity contribution in [2.45, 2.75) is 18.9 Å².